The van der Waals surface area contributed by atoms with Gasteiger partial charge in [0.15, 0.2) is 0 Å². The number of aromatic nitrogens is 3. The number of hydrogen-bond donors (Lipinski definition) is 1. The van der Waals surface area contributed by atoms with Crippen molar-refractivity contribution in [3.8, 4) is 0 Å². The van der Waals surface area contributed by atoms with Gasteiger partial charge in [0.2, 0.25) is 5.95 Å². The van der Waals surface area contributed by atoms with Crippen LogP contribution in [0.5, 0.6) is 0 Å². The van der Waals surface area contributed by atoms with Crippen LogP contribution in [0.3, 0.4) is 0 Å². The third-order valence-corrected chi connectivity index (χ3v) is 5.29. The molecule has 0 saturated carbocycles. The first-order chi connectivity index (χ1) is 13.7. The fraction of sp³-hybridized carbons (Fsp3) is 0.381. The van der Waals surface area contributed by atoms with Crippen LogP contribution in [-0.4, -0.2) is 31.6 Å². The summed E-state index contributed by atoms with van der Waals surface area (Å²) in [6, 6.07) is 7.29. The highest BCUT2D eigenvalue weighted by Crippen LogP contribution is 2.30. The highest BCUT2D eigenvalue weighted by molar-refractivity contribution is 6.30. The molecule has 8 heteroatoms. The summed E-state index contributed by atoms with van der Waals surface area (Å²) in [5.74, 6) is 0.784. The van der Waals surface area contributed by atoms with Crippen LogP contribution in [0.15, 0.2) is 53.0 Å². The van der Waals surface area contributed by atoms with Crippen LogP contribution >= 0.6 is 23.2 Å². The van der Waals surface area contributed by atoms with Crippen LogP contribution in [-0.2, 0) is 11.3 Å². The Labute approximate surface area is 180 Å². The van der Waals surface area contributed by atoms with E-state index in [4.69, 9.17) is 27.9 Å². The molecule has 0 radical (unpaired) electrons. The van der Waals surface area contributed by atoms with Crippen molar-refractivity contribution in [1.29, 1.82) is 0 Å². The Morgan fingerprint density at radius 3 is 2.59 bits per heavy atom. The van der Waals surface area contributed by atoms with Crippen molar-refractivity contribution >= 4 is 29.2 Å². The number of ether oxygens (including phenoxy) is 1. The lowest BCUT2D eigenvalue weighted by Crippen LogP contribution is -2.40. The van der Waals surface area contributed by atoms with E-state index in [1.54, 1.807) is 19.1 Å². The number of alkyl halides is 1. The predicted molar refractivity (Wildman–Crippen MR) is 117 cm³/mol. The number of anilines is 1. The maximum atomic E-state index is 12.5. The number of rotatable bonds is 6. The fourth-order valence-corrected chi connectivity index (χ4v) is 3.47. The quantitative estimate of drug-likeness (QED) is 0.685. The summed E-state index contributed by atoms with van der Waals surface area (Å²) in [5, 5.41) is 3.46. The lowest BCUT2D eigenvalue weighted by Gasteiger charge is -2.34. The van der Waals surface area contributed by atoms with Crippen LogP contribution in [0.4, 0.5) is 5.95 Å². The average molecular weight is 435 g/mol. The minimum atomic E-state index is -0.606. The van der Waals surface area contributed by atoms with Crippen LogP contribution < -0.4 is 11.0 Å². The van der Waals surface area contributed by atoms with E-state index in [0.717, 1.165) is 11.3 Å². The van der Waals surface area contributed by atoms with Gasteiger partial charge in [-0.05, 0) is 63.6 Å². The Bertz CT molecular complexity index is 999. The Balaban J connectivity index is 1.88. The highest BCUT2D eigenvalue weighted by atomic mass is 35.5. The van der Waals surface area contributed by atoms with Gasteiger partial charge in [-0.1, -0.05) is 23.7 Å². The number of hydrogen-bond acceptors (Lipinski definition) is 5. The summed E-state index contributed by atoms with van der Waals surface area (Å²) in [6.45, 7) is 7.88. The molecule has 3 rings (SSSR count). The number of benzene rings is 1. The largest absolute Gasteiger partial charge is 0.367 e. The third kappa shape index (κ3) is 5.26. The number of nitrogens with one attached hydrogen (secondary N) is 1. The summed E-state index contributed by atoms with van der Waals surface area (Å²) in [4.78, 5) is 20.9. The first kappa shape index (κ1) is 21.6. The standard InChI is InChI=1S/C21H24Cl2N4O2/c1-13(2)29-21(4)10-9-17(11-18(21)23)26-19-24-14(3)25-20(28)27(19)12-15-5-7-16(22)8-6-15/h5-11,13,18H,12H2,1-4H3,(H,24,25,26,28). The molecule has 0 aliphatic heterocycles. The Hall–Kier alpha value is -2.15. The second kappa shape index (κ2) is 8.69. The molecule has 2 aromatic rings. The molecule has 154 valence electrons. The number of allylic oxidation sites excluding steroid dienone is 1. The summed E-state index contributed by atoms with van der Waals surface area (Å²) >= 11 is 12.5. The van der Waals surface area contributed by atoms with Gasteiger partial charge in [-0.15, -0.1) is 11.6 Å². The van der Waals surface area contributed by atoms with Crippen LogP contribution in [0, 0.1) is 6.92 Å². The van der Waals surface area contributed by atoms with Gasteiger partial charge in [-0.25, -0.2) is 4.79 Å². The van der Waals surface area contributed by atoms with Crippen LogP contribution in [0.1, 0.15) is 32.2 Å². The van der Waals surface area contributed by atoms with Crippen molar-refractivity contribution in [3.63, 3.8) is 0 Å². The van der Waals surface area contributed by atoms with Gasteiger partial charge < -0.3 is 10.1 Å². The average Bonchev–Trinajstić information content (AvgIpc) is 2.62. The summed E-state index contributed by atoms with van der Waals surface area (Å²) < 4.78 is 7.44. The van der Waals surface area contributed by atoms with Crippen molar-refractivity contribution in [2.75, 3.05) is 5.32 Å². The Morgan fingerprint density at radius 2 is 1.97 bits per heavy atom. The second-order valence-corrected chi connectivity index (χ2v) is 8.33. The van der Waals surface area contributed by atoms with E-state index in [1.165, 1.54) is 4.57 Å². The van der Waals surface area contributed by atoms with E-state index >= 15 is 0 Å². The van der Waals surface area contributed by atoms with E-state index in [-0.39, 0.29) is 17.2 Å². The first-order valence-corrected chi connectivity index (χ1v) is 10.2. The SMILES string of the molecule is Cc1nc(NC2=CC(Cl)C(C)(OC(C)C)C=C2)n(Cc2ccc(Cl)cc2)c(=O)n1. The summed E-state index contributed by atoms with van der Waals surface area (Å²) in [5.41, 5.74) is 0.655. The number of aryl methyl sites for hydroxylation is 1. The Kier molecular flexibility index (Phi) is 6.46. The smallest absolute Gasteiger partial charge is 0.352 e. The van der Waals surface area contributed by atoms with Gasteiger partial charge in [0.05, 0.1) is 18.0 Å². The molecule has 0 bridgehead atoms. The van der Waals surface area contributed by atoms with E-state index < -0.39 is 5.60 Å². The van der Waals surface area contributed by atoms with Gasteiger partial charge in [-0.3, -0.25) is 4.57 Å². The highest BCUT2D eigenvalue weighted by Gasteiger charge is 2.33. The normalized spacial score (nSPS) is 21.3. The second-order valence-electron chi connectivity index (χ2n) is 7.42. The molecular formula is C21H24Cl2N4O2. The maximum absolute atomic E-state index is 12.5. The molecule has 0 amide bonds. The molecule has 0 fully saturated rings. The molecule has 2 atom stereocenters. The first-order valence-electron chi connectivity index (χ1n) is 9.36. The molecule has 0 saturated heterocycles. The van der Waals surface area contributed by atoms with E-state index in [1.807, 2.05) is 51.1 Å². The van der Waals surface area contributed by atoms with Gasteiger partial charge in [0, 0.05) is 10.7 Å². The van der Waals surface area contributed by atoms with E-state index in [0.29, 0.717) is 23.3 Å². The lowest BCUT2D eigenvalue weighted by atomic mass is 9.95. The molecule has 1 aromatic carbocycles. The van der Waals surface area contributed by atoms with Crippen molar-refractivity contribution in [3.05, 3.63) is 75.1 Å². The van der Waals surface area contributed by atoms with Crippen molar-refractivity contribution < 1.29 is 4.74 Å². The molecular weight excluding hydrogens is 411 g/mol. The molecule has 1 N–H and O–H groups in total. The maximum Gasteiger partial charge on any atom is 0.352 e. The van der Waals surface area contributed by atoms with Gasteiger partial charge >= 0.3 is 5.69 Å². The van der Waals surface area contributed by atoms with E-state index in [9.17, 15) is 4.79 Å². The van der Waals surface area contributed by atoms with Crippen molar-refractivity contribution in [2.45, 2.75) is 51.3 Å². The molecule has 1 heterocycles. The molecule has 1 aliphatic carbocycles. The van der Waals surface area contributed by atoms with E-state index in [2.05, 4.69) is 15.3 Å². The lowest BCUT2D eigenvalue weighted by molar-refractivity contribution is -0.0315. The molecule has 6 nitrogen and oxygen atoms in total. The molecule has 0 spiro atoms. The molecule has 29 heavy (non-hydrogen) atoms. The number of halogens is 2. The van der Waals surface area contributed by atoms with Gasteiger partial charge in [0.25, 0.3) is 0 Å². The minimum Gasteiger partial charge on any atom is -0.367 e. The zero-order valence-corrected chi connectivity index (χ0v) is 18.3. The van der Waals surface area contributed by atoms with Crippen LogP contribution in [0.25, 0.3) is 0 Å². The van der Waals surface area contributed by atoms with Gasteiger partial charge in [0.1, 0.15) is 11.4 Å². The molecule has 2 unspecified atom stereocenters. The third-order valence-electron chi connectivity index (χ3n) is 4.48. The van der Waals surface area contributed by atoms with Gasteiger partial charge in [-0.2, -0.15) is 9.97 Å². The van der Waals surface area contributed by atoms with Crippen molar-refractivity contribution in [2.24, 2.45) is 0 Å². The molecule has 1 aromatic heterocycles. The zero-order valence-electron chi connectivity index (χ0n) is 16.8. The summed E-state index contributed by atoms with van der Waals surface area (Å²) in [7, 11) is 0. The molecule has 1 aliphatic rings. The number of nitrogens with zero attached hydrogens (tertiary/aromatic N) is 3. The van der Waals surface area contributed by atoms with Crippen LogP contribution in [0.2, 0.25) is 5.02 Å². The summed E-state index contributed by atoms with van der Waals surface area (Å²) in [6.07, 6.45) is 5.71. The predicted octanol–water partition coefficient (Wildman–Crippen LogP) is 4.31. The topological polar surface area (TPSA) is 69.0 Å². The van der Waals surface area contributed by atoms with Crippen molar-refractivity contribution in [1.82, 2.24) is 14.5 Å². The monoisotopic (exact) mass is 434 g/mol. The fourth-order valence-electron chi connectivity index (χ4n) is 3.09. The zero-order chi connectivity index (χ0) is 21.2. The Morgan fingerprint density at radius 1 is 1.28 bits per heavy atom. The minimum absolute atomic E-state index is 0.0443.